The molecule has 0 bridgehead atoms. The molecule has 2 aliphatic rings. The minimum atomic E-state index is -4.29. The molecular weight excluding hydrogens is 181 g/mol. The lowest BCUT2D eigenvalue weighted by molar-refractivity contribution is -0.141. The van der Waals surface area contributed by atoms with Crippen LogP contribution in [0, 0.1) is 5.92 Å². The number of rotatable bonds is 0. The molecule has 70 valence electrons. The largest absolute Gasteiger partial charge is 0.435 e. The molecule has 0 amide bonds. The van der Waals surface area contributed by atoms with E-state index in [0.29, 0.717) is 23.8 Å². The van der Waals surface area contributed by atoms with Crippen molar-refractivity contribution in [3.63, 3.8) is 0 Å². The summed E-state index contributed by atoms with van der Waals surface area (Å²) in [5.41, 5.74) is 0.445. The Hall–Kier alpha value is -1.00. The van der Waals surface area contributed by atoms with Gasteiger partial charge in [-0.1, -0.05) is 0 Å². The molecule has 1 N–H and O–H groups in total. The van der Waals surface area contributed by atoms with Crippen LogP contribution >= 0.6 is 0 Å². The standard InChI is InChI=1S/C8H7F3N2/c9-8(10,11)7-5-2-3-1-4(3)6(5)12-13-7/h3-4H,1-2H2,(H,12,13). The fourth-order valence-electron chi connectivity index (χ4n) is 2.22. The molecule has 1 heterocycles. The molecule has 1 fully saturated rings. The van der Waals surface area contributed by atoms with Crippen LogP contribution in [0.2, 0.25) is 0 Å². The monoisotopic (exact) mass is 188 g/mol. The highest BCUT2D eigenvalue weighted by Crippen LogP contribution is 2.57. The van der Waals surface area contributed by atoms with Crippen molar-refractivity contribution in [3.8, 4) is 0 Å². The van der Waals surface area contributed by atoms with Crippen molar-refractivity contribution < 1.29 is 13.2 Å². The van der Waals surface area contributed by atoms with Gasteiger partial charge in [-0.3, -0.25) is 5.10 Å². The summed E-state index contributed by atoms with van der Waals surface area (Å²) >= 11 is 0. The number of aromatic amines is 1. The van der Waals surface area contributed by atoms with Crippen molar-refractivity contribution in [2.24, 2.45) is 5.92 Å². The topological polar surface area (TPSA) is 28.7 Å². The van der Waals surface area contributed by atoms with Crippen LogP contribution in [0.5, 0.6) is 0 Å². The SMILES string of the molecule is FC(F)(F)c1n[nH]c2c1CC1CC21. The summed E-state index contributed by atoms with van der Waals surface area (Å²) in [5.74, 6) is 0.809. The summed E-state index contributed by atoms with van der Waals surface area (Å²) in [4.78, 5) is 0. The van der Waals surface area contributed by atoms with Gasteiger partial charge < -0.3 is 0 Å². The van der Waals surface area contributed by atoms with E-state index in [1.807, 2.05) is 0 Å². The van der Waals surface area contributed by atoms with E-state index in [1.54, 1.807) is 0 Å². The lowest BCUT2D eigenvalue weighted by Gasteiger charge is -2.04. The third-order valence-electron chi connectivity index (χ3n) is 2.93. The Morgan fingerprint density at radius 3 is 2.85 bits per heavy atom. The van der Waals surface area contributed by atoms with Gasteiger partial charge in [0.1, 0.15) is 0 Å². The van der Waals surface area contributed by atoms with Crippen molar-refractivity contribution in [2.75, 3.05) is 0 Å². The number of hydrogen-bond acceptors (Lipinski definition) is 1. The average Bonchev–Trinajstić information content (AvgIpc) is 2.52. The quantitative estimate of drug-likeness (QED) is 0.663. The second-order valence-corrected chi connectivity index (χ2v) is 3.77. The van der Waals surface area contributed by atoms with E-state index in [1.165, 1.54) is 0 Å². The highest BCUT2D eigenvalue weighted by Gasteiger charge is 2.51. The van der Waals surface area contributed by atoms with Crippen molar-refractivity contribution in [2.45, 2.75) is 24.9 Å². The minimum absolute atomic E-state index is 0.346. The third kappa shape index (κ3) is 0.870. The van der Waals surface area contributed by atoms with Crippen LogP contribution in [-0.4, -0.2) is 10.2 Å². The Morgan fingerprint density at radius 1 is 1.38 bits per heavy atom. The first kappa shape index (κ1) is 7.41. The fourth-order valence-corrected chi connectivity index (χ4v) is 2.22. The Morgan fingerprint density at radius 2 is 2.15 bits per heavy atom. The van der Waals surface area contributed by atoms with Gasteiger partial charge in [-0.2, -0.15) is 18.3 Å². The van der Waals surface area contributed by atoms with Crippen LogP contribution in [0.1, 0.15) is 29.3 Å². The maximum Gasteiger partial charge on any atom is 0.435 e. The van der Waals surface area contributed by atoms with Gasteiger partial charge in [-0.05, 0) is 18.8 Å². The summed E-state index contributed by atoms with van der Waals surface area (Å²) in [6, 6.07) is 0. The second kappa shape index (κ2) is 1.91. The molecule has 0 saturated heterocycles. The van der Waals surface area contributed by atoms with Crippen LogP contribution in [0.3, 0.4) is 0 Å². The van der Waals surface area contributed by atoms with Gasteiger partial charge in [0, 0.05) is 17.2 Å². The van der Waals surface area contributed by atoms with E-state index in [-0.39, 0.29) is 0 Å². The first-order valence-electron chi connectivity index (χ1n) is 4.21. The molecule has 1 aromatic heterocycles. The van der Waals surface area contributed by atoms with Gasteiger partial charge in [0.25, 0.3) is 0 Å². The Labute approximate surface area is 72.1 Å². The molecule has 0 spiro atoms. The Bertz CT molecular complexity index is 366. The highest BCUT2D eigenvalue weighted by atomic mass is 19.4. The molecule has 0 radical (unpaired) electrons. The third-order valence-corrected chi connectivity index (χ3v) is 2.93. The molecule has 13 heavy (non-hydrogen) atoms. The van der Waals surface area contributed by atoms with Crippen LogP contribution in [0.25, 0.3) is 0 Å². The maximum atomic E-state index is 12.3. The van der Waals surface area contributed by atoms with Gasteiger partial charge in [-0.25, -0.2) is 0 Å². The minimum Gasteiger partial charge on any atom is -0.281 e. The smallest absolute Gasteiger partial charge is 0.281 e. The molecule has 2 nitrogen and oxygen atoms in total. The molecule has 5 heteroatoms. The molecule has 0 aliphatic heterocycles. The molecule has 1 aromatic rings. The Balaban J connectivity index is 2.10. The number of halogens is 3. The van der Waals surface area contributed by atoms with Crippen molar-refractivity contribution in [3.05, 3.63) is 17.0 Å². The van der Waals surface area contributed by atoms with Gasteiger partial charge in [0.2, 0.25) is 0 Å². The molecule has 2 unspecified atom stereocenters. The van der Waals surface area contributed by atoms with Crippen LogP contribution in [0.4, 0.5) is 13.2 Å². The number of alkyl halides is 3. The molecule has 3 rings (SSSR count). The van der Waals surface area contributed by atoms with E-state index in [2.05, 4.69) is 10.2 Å². The molecule has 0 aromatic carbocycles. The first-order valence-corrected chi connectivity index (χ1v) is 4.21. The summed E-state index contributed by atoms with van der Waals surface area (Å²) in [7, 11) is 0. The number of H-pyrrole nitrogens is 1. The van der Waals surface area contributed by atoms with Gasteiger partial charge in [-0.15, -0.1) is 0 Å². The molecule has 1 saturated carbocycles. The van der Waals surface area contributed by atoms with E-state index in [9.17, 15) is 13.2 Å². The summed E-state index contributed by atoms with van der Waals surface area (Å²) in [6.07, 6.45) is -2.70. The van der Waals surface area contributed by atoms with E-state index < -0.39 is 11.9 Å². The number of fused-ring (bicyclic) bond motifs is 3. The summed E-state index contributed by atoms with van der Waals surface area (Å²) in [6.45, 7) is 0. The van der Waals surface area contributed by atoms with E-state index in [0.717, 1.165) is 12.1 Å². The first-order chi connectivity index (χ1) is 6.07. The second-order valence-electron chi connectivity index (χ2n) is 3.77. The maximum absolute atomic E-state index is 12.3. The molecule has 2 aliphatic carbocycles. The summed E-state index contributed by atoms with van der Waals surface area (Å²) < 4.78 is 37.0. The number of aromatic nitrogens is 2. The van der Waals surface area contributed by atoms with Gasteiger partial charge in [0.15, 0.2) is 5.69 Å². The number of nitrogens with one attached hydrogen (secondary N) is 1. The highest BCUT2D eigenvalue weighted by molar-refractivity contribution is 5.40. The van der Waals surface area contributed by atoms with Crippen LogP contribution in [0.15, 0.2) is 0 Å². The van der Waals surface area contributed by atoms with Crippen LogP contribution < -0.4 is 0 Å². The van der Waals surface area contributed by atoms with Crippen molar-refractivity contribution >= 4 is 0 Å². The fraction of sp³-hybridized carbons (Fsp3) is 0.625. The van der Waals surface area contributed by atoms with Gasteiger partial charge in [0.05, 0.1) is 0 Å². The normalized spacial score (nSPS) is 30.1. The van der Waals surface area contributed by atoms with Crippen molar-refractivity contribution in [1.29, 1.82) is 0 Å². The lowest BCUT2D eigenvalue weighted by atomic mass is 10.1. The molecule has 2 atom stereocenters. The average molecular weight is 188 g/mol. The lowest BCUT2D eigenvalue weighted by Crippen LogP contribution is -2.08. The van der Waals surface area contributed by atoms with E-state index in [4.69, 9.17) is 0 Å². The predicted octanol–water partition coefficient (Wildman–Crippen LogP) is 2.09. The van der Waals surface area contributed by atoms with Crippen LogP contribution in [-0.2, 0) is 12.6 Å². The summed E-state index contributed by atoms with van der Waals surface area (Å²) in [5, 5.41) is 5.85. The Kier molecular flexibility index (Phi) is 1.09. The molecular formula is C8H7F3N2. The zero-order valence-corrected chi connectivity index (χ0v) is 6.65. The zero-order valence-electron chi connectivity index (χ0n) is 6.65. The number of nitrogens with zero attached hydrogens (tertiary/aromatic N) is 1. The predicted molar refractivity (Wildman–Crippen MR) is 38.1 cm³/mol. The number of hydrogen-bond donors (Lipinski definition) is 1. The zero-order chi connectivity index (χ0) is 9.22. The van der Waals surface area contributed by atoms with Crippen molar-refractivity contribution in [1.82, 2.24) is 10.2 Å². The van der Waals surface area contributed by atoms with E-state index >= 15 is 0 Å². The van der Waals surface area contributed by atoms with Gasteiger partial charge >= 0.3 is 6.18 Å².